The van der Waals surface area contributed by atoms with E-state index in [1.165, 1.54) is 4.31 Å². The minimum atomic E-state index is -3.71. The van der Waals surface area contributed by atoms with E-state index in [1.54, 1.807) is 28.4 Å². The molecule has 2 aromatic carbocycles. The molecule has 9 heteroatoms. The van der Waals surface area contributed by atoms with E-state index in [-0.39, 0.29) is 24.7 Å². The maximum absolute atomic E-state index is 13.6. The lowest BCUT2D eigenvalue weighted by Gasteiger charge is -2.31. The second-order valence-corrected chi connectivity index (χ2v) is 11.8. The van der Waals surface area contributed by atoms with E-state index in [0.717, 1.165) is 23.5 Å². The normalized spacial score (nSPS) is 14.7. The molecule has 0 saturated carbocycles. The number of morpholine rings is 1. The van der Waals surface area contributed by atoms with E-state index in [0.29, 0.717) is 38.4 Å². The fraction of sp³-hybridized carbons (Fsp3) is 0.370. The van der Waals surface area contributed by atoms with Crippen LogP contribution in [0.5, 0.6) is 0 Å². The van der Waals surface area contributed by atoms with Gasteiger partial charge in [-0.1, -0.05) is 66.7 Å². The smallest absolute Gasteiger partial charge is 0.238 e. The highest BCUT2D eigenvalue weighted by Gasteiger charge is 2.28. The van der Waals surface area contributed by atoms with Crippen molar-refractivity contribution in [1.29, 1.82) is 0 Å². The zero-order valence-electron chi connectivity index (χ0n) is 20.4. The molecule has 1 amide bonds. The number of carbonyl (C=O) groups excluding carboxylic acids is 1. The van der Waals surface area contributed by atoms with Gasteiger partial charge < -0.3 is 9.64 Å². The van der Waals surface area contributed by atoms with Crippen LogP contribution in [0.15, 0.2) is 78.2 Å². The number of thiophene rings is 1. The molecule has 0 unspecified atom stereocenters. The SMILES string of the molecule is O=C(CN(CCN1CCOCC1)S(=O)(=O)Cc1ccccc1)N(Cc1ccccc1)Cc1cccs1. The zero-order chi connectivity index (χ0) is 25.2. The van der Waals surface area contributed by atoms with Crippen LogP contribution in [0, 0.1) is 0 Å². The van der Waals surface area contributed by atoms with Gasteiger partial charge in [0.1, 0.15) is 0 Å². The largest absolute Gasteiger partial charge is 0.379 e. The van der Waals surface area contributed by atoms with Gasteiger partial charge in [0.2, 0.25) is 15.9 Å². The molecular weight excluding hydrogens is 494 g/mol. The summed E-state index contributed by atoms with van der Waals surface area (Å²) in [7, 11) is -3.71. The predicted molar refractivity (Wildman–Crippen MR) is 143 cm³/mol. The Kier molecular flexibility index (Phi) is 9.66. The Hall–Kier alpha value is -2.56. The summed E-state index contributed by atoms with van der Waals surface area (Å²) >= 11 is 1.59. The van der Waals surface area contributed by atoms with Crippen molar-refractivity contribution in [1.82, 2.24) is 14.1 Å². The summed E-state index contributed by atoms with van der Waals surface area (Å²) in [4.78, 5) is 18.6. The first-order valence-electron chi connectivity index (χ1n) is 12.2. The molecule has 1 aliphatic heterocycles. The molecule has 7 nitrogen and oxygen atoms in total. The topological polar surface area (TPSA) is 70.2 Å². The summed E-state index contributed by atoms with van der Waals surface area (Å²) in [6, 6.07) is 22.9. The minimum Gasteiger partial charge on any atom is -0.379 e. The Morgan fingerprint density at radius 1 is 0.889 bits per heavy atom. The molecule has 1 saturated heterocycles. The van der Waals surface area contributed by atoms with Gasteiger partial charge in [-0.2, -0.15) is 4.31 Å². The summed E-state index contributed by atoms with van der Waals surface area (Å²) in [5.41, 5.74) is 1.72. The van der Waals surface area contributed by atoms with Crippen molar-refractivity contribution in [3.8, 4) is 0 Å². The van der Waals surface area contributed by atoms with Gasteiger partial charge in [-0.3, -0.25) is 9.69 Å². The van der Waals surface area contributed by atoms with Gasteiger partial charge in [-0.15, -0.1) is 11.3 Å². The minimum absolute atomic E-state index is 0.131. The maximum Gasteiger partial charge on any atom is 0.238 e. The van der Waals surface area contributed by atoms with E-state index in [9.17, 15) is 13.2 Å². The number of hydrogen-bond donors (Lipinski definition) is 0. The standard InChI is InChI=1S/C27H33N3O4S2/c31-27(29(21-26-12-7-19-35-26)20-24-8-3-1-4-9-24)22-30(14-13-28-15-17-34-18-16-28)36(32,33)23-25-10-5-2-6-11-25/h1-12,19H,13-18,20-23H2. The zero-order valence-corrected chi connectivity index (χ0v) is 22.0. The van der Waals surface area contributed by atoms with Crippen LogP contribution in [0.25, 0.3) is 0 Å². The van der Waals surface area contributed by atoms with E-state index < -0.39 is 10.0 Å². The average Bonchev–Trinajstić information content (AvgIpc) is 3.41. The number of ether oxygens (including phenoxy) is 1. The fourth-order valence-corrected chi connectivity index (χ4v) is 6.33. The lowest BCUT2D eigenvalue weighted by atomic mass is 10.2. The van der Waals surface area contributed by atoms with Gasteiger partial charge in [0, 0.05) is 37.6 Å². The third-order valence-corrected chi connectivity index (χ3v) is 8.82. The number of nitrogens with zero attached hydrogens (tertiary/aromatic N) is 3. The van der Waals surface area contributed by atoms with Crippen LogP contribution in [0.2, 0.25) is 0 Å². The number of carbonyl (C=O) groups is 1. The second kappa shape index (κ2) is 13.1. The molecule has 36 heavy (non-hydrogen) atoms. The van der Waals surface area contributed by atoms with Crippen LogP contribution in [0.1, 0.15) is 16.0 Å². The molecular formula is C27H33N3O4S2. The molecule has 1 aliphatic rings. The van der Waals surface area contributed by atoms with Crippen LogP contribution in [0.3, 0.4) is 0 Å². The highest BCUT2D eigenvalue weighted by molar-refractivity contribution is 7.88. The Balaban J connectivity index is 1.52. The van der Waals surface area contributed by atoms with Crippen molar-refractivity contribution >= 4 is 27.3 Å². The van der Waals surface area contributed by atoms with Crippen LogP contribution in [-0.4, -0.2) is 74.4 Å². The lowest BCUT2D eigenvalue weighted by Crippen LogP contribution is -2.47. The summed E-state index contributed by atoms with van der Waals surface area (Å²) in [6.07, 6.45) is 0. The molecule has 0 spiro atoms. The van der Waals surface area contributed by atoms with Crippen molar-refractivity contribution in [2.45, 2.75) is 18.8 Å². The van der Waals surface area contributed by atoms with E-state index >= 15 is 0 Å². The van der Waals surface area contributed by atoms with Crippen LogP contribution >= 0.6 is 11.3 Å². The van der Waals surface area contributed by atoms with E-state index in [2.05, 4.69) is 4.90 Å². The number of amides is 1. The highest BCUT2D eigenvalue weighted by atomic mass is 32.2. The van der Waals surface area contributed by atoms with E-state index in [4.69, 9.17) is 4.74 Å². The van der Waals surface area contributed by atoms with Crippen molar-refractivity contribution < 1.29 is 17.9 Å². The van der Waals surface area contributed by atoms with Crippen LogP contribution < -0.4 is 0 Å². The van der Waals surface area contributed by atoms with Gasteiger partial charge in [0.05, 0.1) is 32.1 Å². The molecule has 4 rings (SSSR count). The molecule has 0 radical (unpaired) electrons. The number of benzene rings is 2. The Morgan fingerprint density at radius 2 is 1.56 bits per heavy atom. The Labute approximate surface area is 218 Å². The quantitative estimate of drug-likeness (QED) is 0.361. The van der Waals surface area contributed by atoms with Gasteiger partial charge in [0.15, 0.2) is 0 Å². The Morgan fingerprint density at radius 3 is 2.19 bits per heavy atom. The first-order valence-corrected chi connectivity index (χ1v) is 14.6. The lowest BCUT2D eigenvalue weighted by molar-refractivity contribution is -0.132. The monoisotopic (exact) mass is 527 g/mol. The summed E-state index contributed by atoms with van der Waals surface area (Å²) < 4.78 is 33.8. The van der Waals surface area contributed by atoms with Crippen LogP contribution in [0.4, 0.5) is 0 Å². The molecule has 3 aromatic rings. The summed E-state index contributed by atoms with van der Waals surface area (Å²) in [5.74, 6) is -0.334. The first kappa shape index (κ1) is 26.5. The summed E-state index contributed by atoms with van der Waals surface area (Å²) in [6.45, 7) is 4.32. The predicted octanol–water partition coefficient (Wildman–Crippen LogP) is 3.44. The number of rotatable bonds is 12. The molecule has 192 valence electrons. The van der Waals surface area contributed by atoms with Gasteiger partial charge in [-0.05, 0) is 22.6 Å². The average molecular weight is 528 g/mol. The third kappa shape index (κ3) is 7.97. The van der Waals surface area contributed by atoms with Gasteiger partial charge >= 0.3 is 0 Å². The summed E-state index contributed by atoms with van der Waals surface area (Å²) in [5, 5.41) is 1.99. The molecule has 0 aliphatic carbocycles. The number of hydrogen-bond acceptors (Lipinski definition) is 6. The van der Waals surface area contributed by atoms with Crippen molar-refractivity contribution in [3.05, 3.63) is 94.2 Å². The molecule has 0 atom stereocenters. The second-order valence-electron chi connectivity index (χ2n) is 8.84. The molecule has 0 bridgehead atoms. The molecule has 0 N–H and O–H groups in total. The Bertz CT molecular complexity index is 1170. The maximum atomic E-state index is 13.6. The van der Waals surface area contributed by atoms with Gasteiger partial charge in [-0.25, -0.2) is 8.42 Å². The van der Waals surface area contributed by atoms with E-state index in [1.807, 2.05) is 66.0 Å². The third-order valence-electron chi connectivity index (χ3n) is 6.16. The van der Waals surface area contributed by atoms with Crippen molar-refractivity contribution in [2.75, 3.05) is 45.9 Å². The van der Waals surface area contributed by atoms with Crippen LogP contribution in [-0.2, 0) is 38.4 Å². The molecule has 1 aromatic heterocycles. The highest BCUT2D eigenvalue weighted by Crippen LogP contribution is 2.17. The van der Waals surface area contributed by atoms with Crippen molar-refractivity contribution in [3.63, 3.8) is 0 Å². The number of sulfonamides is 1. The fourth-order valence-electron chi connectivity index (χ4n) is 4.15. The van der Waals surface area contributed by atoms with Crippen molar-refractivity contribution in [2.24, 2.45) is 0 Å². The van der Waals surface area contributed by atoms with Gasteiger partial charge in [0.25, 0.3) is 0 Å². The molecule has 1 fully saturated rings. The molecule has 2 heterocycles. The first-order chi connectivity index (χ1) is 17.5.